The van der Waals surface area contributed by atoms with Crippen LogP contribution in [0.2, 0.25) is 0 Å². The van der Waals surface area contributed by atoms with Crippen molar-refractivity contribution in [1.29, 1.82) is 0 Å². The maximum atomic E-state index is 12.1. The molecule has 2 N–H and O–H groups in total. The Balaban J connectivity index is 1.58. The number of hydrogen-bond acceptors (Lipinski definition) is 3. The molecule has 5 heteroatoms. The lowest BCUT2D eigenvalue weighted by Crippen LogP contribution is -2.14. The van der Waals surface area contributed by atoms with Crippen LogP contribution < -0.4 is 5.32 Å². The highest BCUT2D eigenvalue weighted by atomic mass is 32.2. The van der Waals surface area contributed by atoms with Gasteiger partial charge in [0.1, 0.15) is 0 Å². The van der Waals surface area contributed by atoms with Crippen molar-refractivity contribution >= 4 is 23.4 Å². The Bertz CT molecular complexity index is 823. The molecule has 0 radical (unpaired) electrons. The quantitative estimate of drug-likeness (QED) is 0.677. The number of carbonyl (C=O) groups excluding carboxylic acids is 1. The van der Waals surface area contributed by atoms with Crippen LogP contribution >= 0.6 is 11.8 Å². The van der Waals surface area contributed by atoms with Gasteiger partial charge in [0.2, 0.25) is 5.91 Å². The Morgan fingerprint density at radius 2 is 1.83 bits per heavy atom. The van der Waals surface area contributed by atoms with Gasteiger partial charge in [0.25, 0.3) is 0 Å². The van der Waals surface area contributed by atoms with Crippen LogP contribution in [0.4, 0.5) is 5.69 Å². The maximum absolute atomic E-state index is 12.1. The molecule has 4 nitrogen and oxygen atoms in total. The Hall–Kier alpha value is -2.53. The van der Waals surface area contributed by atoms with E-state index in [2.05, 4.69) is 21.4 Å². The van der Waals surface area contributed by atoms with Crippen LogP contribution in [-0.4, -0.2) is 21.6 Å². The largest absolute Gasteiger partial charge is 0.333 e. The lowest BCUT2D eigenvalue weighted by atomic mass is 10.1. The van der Waals surface area contributed by atoms with Gasteiger partial charge in [-0.1, -0.05) is 48.2 Å². The lowest BCUT2D eigenvalue weighted by Gasteiger charge is -2.07. The molecular formula is C19H19N3OS. The molecule has 122 valence electrons. The third-order valence-electron chi connectivity index (χ3n) is 3.48. The van der Waals surface area contributed by atoms with Crippen molar-refractivity contribution in [2.45, 2.75) is 19.0 Å². The summed E-state index contributed by atoms with van der Waals surface area (Å²) in [7, 11) is 0. The van der Waals surface area contributed by atoms with Gasteiger partial charge in [-0.25, -0.2) is 4.98 Å². The summed E-state index contributed by atoms with van der Waals surface area (Å²) in [6.07, 6.45) is 1.79. The number of anilines is 1. The summed E-state index contributed by atoms with van der Waals surface area (Å²) >= 11 is 1.39. The maximum Gasteiger partial charge on any atom is 0.234 e. The fraction of sp³-hybridized carbons (Fsp3) is 0.158. The van der Waals surface area contributed by atoms with E-state index in [4.69, 9.17) is 0 Å². The number of nitrogens with zero attached hydrogens (tertiary/aromatic N) is 1. The number of nitrogens with one attached hydrogen (secondary N) is 2. The Morgan fingerprint density at radius 1 is 1.12 bits per heavy atom. The van der Waals surface area contributed by atoms with Gasteiger partial charge in [-0.15, -0.1) is 0 Å². The zero-order valence-electron chi connectivity index (χ0n) is 13.7. The average Bonchev–Trinajstić information content (AvgIpc) is 3.02. The number of hydrogen-bond donors (Lipinski definition) is 2. The van der Waals surface area contributed by atoms with E-state index in [-0.39, 0.29) is 5.91 Å². The summed E-state index contributed by atoms with van der Waals surface area (Å²) in [4.78, 5) is 19.7. The number of imidazole rings is 1. The van der Waals surface area contributed by atoms with E-state index in [1.54, 1.807) is 6.20 Å². The number of benzene rings is 2. The van der Waals surface area contributed by atoms with Crippen molar-refractivity contribution < 1.29 is 4.79 Å². The van der Waals surface area contributed by atoms with Crippen LogP contribution in [0, 0.1) is 13.8 Å². The molecule has 0 saturated carbocycles. The Labute approximate surface area is 145 Å². The highest BCUT2D eigenvalue weighted by Crippen LogP contribution is 2.21. The summed E-state index contributed by atoms with van der Waals surface area (Å²) in [6.45, 7) is 4.04. The minimum atomic E-state index is -0.0392. The SMILES string of the molecule is Cc1cc(C)cc(NC(=O)CSc2ncc(-c3ccccc3)[nH]2)c1. The normalized spacial score (nSPS) is 10.6. The first kappa shape index (κ1) is 16.3. The van der Waals surface area contributed by atoms with Gasteiger partial charge in [0.15, 0.2) is 5.16 Å². The molecule has 3 aromatic rings. The molecular weight excluding hydrogens is 318 g/mol. The zero-order valence-corrected chi connectivity index (χ0v) is 14.5. The average molecular weight is 337 g/mol. The van der Waals surface area contributed by atoms with Crippen LogP contribution in [-0.2, 0) is 4.79 Å². The van der Waals surface area contributed by atoms with Crippen LogP contribution in [0.25, 0.3) is 11.3 Å². The first-order valence-electron chi connectivity index (χ1n) is 7.71. The molecule has 0 aliphatic heterocycles. The summed E-state index contributed by atoms with van der Waals surface area (Å²) in [5.41, 5.74) is 5.14. The molecule has 0 aliphatic carbocycles. The predicted octanol–water partition coefficient (Wildman–Crippen LogP) is 4.42. The van der Waals surface area contributed by atoms with Crippen molar-refractivity contribution in [2.75, 3.05) is 11.1 Å². The topological polar surface area (TPSA) is 57.8 Å². The second kappa shape index (κ2) is 7.36. The fourth-order valence-electron chi connectivity index (χ4n) is 2.52. The number of rotatable bonds is 5. The fourth-order valence-corrected chi connectivity index (χ4v) is 3.17. The molecule has 24 heavy (non-hydrogen) atoms. The van der Waals surface area contributed by atoms with Crippen LogP contribution in [0.5, 0.6) is 0 Å². The van der Waals surface area contributed by atoms with Crippen molar-refractivity contribution in [3.05, 3.63) is 65.9 Å². The second-order valence-corrected chi connectivity index (χ2v) is 6.65. The molecule has 0 bridgehead atoms. The predicted molar refractivity (Wildman–Crippen MR) is 99.3 cm³/mol. The van der Waals surface area contributed by atoms with Gasteiger partial charge in [0.05, 0.1) is 17.6 Å². The van der Waals surface area contributed by atoms with E-state index in [1.165, 1.54) is 11.8 Å². The van der Waals surface area contributed by atoms with Crippen molar-refractivity contribution in [1.82, 2.24) is 9.97 Å². The number of aryl methyl sites for hydroxylation is 2. The van der Waals surface area contributed by atoms with Gasteiger partial charge in [-0.2, -0.15) is 0 Å². The van der Waals surface area contributed by atoms with Crippen molar-refractivity contribution in [3.63, 3.8) is 0 Å². The number of thioether (sulfide) groups is 1. The van der Waals surface area contributed by atoms with Crippen molar-refractivity contribution in [2.24, 2.45) is 0 Å². The molecule has 1 amide bonds. The molecule has 1 aromatic heterocycles. The highest BCUT2D eigenvalue weighted by molar-refractivity contribution is 7.99. The second-order valence-electron chi connectivity index (χ2n) is 5.68. The first-order chi connectivity index (χ1) is 11.6. The van der Waals surface area contributed by atoms with Gasteiger partial charge in [-0.05, 0) is 42.7 Å². The van der Waals surface area contributed by atoms with E-state index >= 15 is 0 Å². The third-order valence-corrected chi connectivity index (χ3v) is 4.37. The summed E-state index contributed by atoms with van der Waals surface area (Å²) in [6, 6.07) is 16.0. The van der Waals surface area contributed by atoms with Crippen molar-refractivity contribution in [3.8, 4) is 11.3 Å². The van der Waals surface area contributed by atoms with Gasteiger partial charge < -0.3 is 10.3 Å². The van der Waals surface area contributed by atoms with Gasteiger partial charge in [0, 0.05) is 5.69 Å². The van der Waals surface area contributed by atoms with Gasteiger partial charge in [-0.3, -0.25) is 4.79 Å². The molecule has 1 heterocycles. The minimum Gasteiger partial charge on any atom is -0.333 e. The molecule has 0 atom stereocenters. The summed E-state index contributed by atoms with van der Waals surface area (Å²) in [5, 5.41) is 3.67. The molecule has 0 unspecified atom stereocenters. The number of aromatic amines is 1. The zero-order chi connectivity index (χ0) is 16.9. The van der Waals surface area contributed by atoms with E-state index < -0.39 is 0 Å². The van der Waals surface area contributed by atoms with E-state index in [1.807, 2.05) is 56.3 Å². The molecule has 0 fully saturated rings. The van der Waals surface area contributed by atoms with Gasteiger partial charge >= 0.3 is 0 Å². The third kappa shape index (κ3) is 4.26. The Morgan fingerprint density at radius 3 is 2.54 bits per heavy atom. The number of aromatic nitrogens is 2. The van der Waals surface area contributed by atoms with E-state index in [0.29, 0.717) is 5.75 Å². The molecule has 2 aromatic carbocycles. The summed E-state index contributed by atoms with van der Waals surface area (Å²) < 4.78 is 0. The number of H-pyrrole nitrogens is 1. The smallest absolute Gasteiger partial charge is 0.234 e. The number of amides is 1. The lowest BCUT2D eigenvalue weighted by molar-refractivity contribution is -0.113. The van der Waals surface area contributed by atoms with E-state index in [9.17, 15) is 4.79 Å². The minimum absolute atomic E-state index is 0.0392. The standard InChI is InChI=1S/C19H19N3OS/c1-13-8-14(2)10-16(9-13)21-18(23)12-24-19-20-11-17(22-19)15-6-4-3-5-7-15/h3-11H,12H2,1-2H3,(H,20,22)(H,21,23). The molecule has 0 saturated heterocycles. The molecule has 0 aliphatic rings. The monoisotopic (exact) mass is 337 g/mol. The number of carbonyl (C=O) groups is 1. The molecule has 0 spiro atoms. The first-order valence-corrected chi connectivity index (χ1v) is 8.70. The van der Waals surface area contributed by atoms with Crippen LogP contribution in [0.1, 0.15) is 11.1 Å². The molecule has 3 rings (SSSR count). The van der Waals surface area contributed by atoms with E-state index in [0.717, 1.165) is 33.2 Å². The Kier molecular flexibility index (Phi) is 5.01. The van der Waals surface area contributed by atoms with Crippen LogP contribution in [0.3, 0.4) is 0 Å². The van der Waals surface area contributed by atoms with Crippen LogP contribution in [0.15, 0.2) is 59.9 Å². The highest BCUT2D eigenvalue weighted by Gasteiger charge is 2.08. The summed E-state index contributed by atoms with van der Waals surface area (Å²) in [5.74, 6) is 0.275.